The van der Waals surface area contributed by atoms with Crippen molar-refractivity contribution < 1.29 is 14.3 Å². The van der Waals surface area contributed by atoms with Crippen molar-refractivity contribution in [3.05, 3.63) is 0 Å². The van der Waals surface area contributed by atoms with Gasteiger partial charge in [-0.1, -0.05) is 0 Å². The fourth-order valence-corrected chi connectivity index (χ4v) is 1.19. The number of hydrogen-bond acceptors (Lipinski definition) is 3. The van der Waals surface area contributed by atoms with Crippen LogP contribution in [0.3, 0.4) is 0 Å². The number of aldehydes is 1. The van der Waals surface area contributed by atoms with Crippen molar-refractivity contribution in [2.24, 2.45) is 5.92 Å². The van der Waals surface area contributed by atoms with Crippen molar-refractivity contribution >= 4 is 12.4 Å². The zero-order valence-electron chi connectivity index (χ0n) is 6.45. The molecule has 0 saturated carbocycles. The first-order valence-electron chi connectivity index (χ1n) is 3.56. The van der Waals surface area contributed by atoms with Gasteiger partial charge in [-0.3, -0.25) is 0 Å². The highest BCUT2D eigenvalue weighted by atomic mass is 16.5. The largest absolute Gasteiger partial charge is 0.453 e. The summed E-state index contributed by atoms with van der Waals surface area (Å²) in [6.07, 6.45) is 1.32. The number of nitrogens with zero attached hydrogens (tertiary/aromatic N) is 1. The molecule has 0 aromatic carbocycles. The predicted octanol–water partition coefficient (Wildman–Crippen LogP) is 0.274. The molecule has 0 bridgehead atoms. The Morgan fingerprint density at radius 1 is 1.73 bits per heavy atom. The Hall–Kier alpha value is -1.06. The molecule has 0 spiro atoms. The molecule has 0 N–H and O–H groups in total. The Kier molecular flexibility index (Phi) is 2.46. The van der Waals surface area contributed by atoms with Crippen LogP contribution >= 0.6 is 0 Å². The molecule has 0 aliphatic carbocycles. The molecule has 11 heavy (non-hydrogen) atoms. The van der Waals surface area contributed by atoms with Gasteiger partial charge in [0.2, 0.25) is 0 Å². The minimum Gasteiger partial charge on any atom is -0.453 e. The van der Waals surface area contributed by atoms with Crippen LogP contribution in [0, 0.1) is 5.92 Å². The average molecular weight is 157 g/mol. The van der Waals surface area contributed by atoms with Crippen LogP contribution in [-0.4, -0.2) is 37.5 Å². The van der Waals surface area contributed by atoms with E-state index in [4.69, 9.17) is 0 Å². The summed E-state index contributed by atoms with van der Waals surface area (Å²) in [5.41, 5.74) is 0. The lowest BCUT2D eigenvalue weighted by molar-refractivity contribution is -0.110. The van der Waals surface area contributed by atoms with Crippen molar-refractivity contribution in [3.8, 4) is 0 Å². The van der Waals surface area contributed by atoms with Crippen LogP contribution in [0.25, 0.3) is 0 Å². The summed E-state index contributed by atoms with van der Waals surface area (Å²) >= 11 is 0. The van der Waals surface area contributed by atoms with Gasteiger partial charge >= 0.3 is 6.09 Å². The number of hydrogen-bond donors (Lipinski definition) is 0. The third kappa shape index (κ3) is 1.69. The molecular formula is C7H11NO3. The maximum absolute atomic E-state index is 10.9. The van der Waals surface area contributed by atoms with Gasteiger partial charge in [-0.2, -0.15) is 0 Å². The normalized spacial score (nSPS) is 23.4. The van der Waals surface area contributed by atoms with Crippen molar-refractivity contribution in [2.45, 2.75) is 6.42 Å². The highest BCUT2D eigenvalue weighted by molar-refractivity contribution is 5.69. The number of carbonyl (C=O) groups is 2. The SMILES string of the molecule is COC(=O)N1CCC(C=O)C1. The maximum Gasteiger partial charge on any atom is 0.409 e. The monoisotopic (exact) mass is 157 g/mol. The number of carbonyl (C=O) groups excluding carboxylic acids is 2. The molecule has 1 saturated heterocycles. The van der Waals surface area contributed by atoms with Crippen LogP contribution in [0.1, 0.15) is 6.42 Å². The van der Waals surface area contributed by atoms with Crippen molar-refractivity contribution in [1.82, 2.24) is 4.90 Å². The quantitative estimate of drug-likeness (QED) is 0.513. The Morgan fingerprint density at radius 3 is 2.91 bits per heavy atom. The molecular weight excluding hydrogens is 146 g/mol. The summed E-state index contributed by atoms with van der Waals surface area (Å²) in [5.74, 6) is 0.00843. The molecule has 1 atom stereocenters. The van der Waals surface area contributed by atoms with Gasteiger partial charge in [0.1, 0.15) is 6.29 Å². The molecule has 1 fully saturated rings. The van der Waals surface area contributed by atoms with E-state index in [-0.39, 0.29) is 12.0 Å². The topological polar surface area (TPSA) is 46.6 Å². The van der Waals surface area contributed by atoms with Gasteiger partial charge in [0.25, 0.3) is 0 Å². The fourth-order valence-electron chi connectivity index (χ4n) is 1.19. The van der Waals surface area contributed by atoms with Crippen molar-refractivity contribution in [1.29, 1.82) is 0 Å². The lowest BCUT2D eigenvalue weighted by Gasteiger charge is -2.12. The molecule has 4 heteroatoms. The molecule has 62 valence electrons. The van der Waals surface area contributed by atoms with Crippen molar-refractivity contribution in [3.63, 3.8) is 0 Å². The zero-order valence-corrected chi connectivity index (χ0v) is 6.45. The van der Waals surface area contributed by atoms with E-state index in [1.807, 2.05) is 0 Å². The molecule has 1 unspecified atom stereocenters. The van der Waals surface area contributed by atoms with E-state index in [1.54, 1.807) is 4.90 Å². The first kappa shape index (κ1) is 8.04. The summed E-state index contributed by atoms with van der Waals surface area (Å²) in [6, 6.07) is 0. The highest BCUT2D eigenvalue weighted by Crippen LogP contribution is 2.13. The van der Waals surface area contributed by atoms with E-state index in [2.05, 4.69) is 4.74 Å². The van der Waals surface area contributed by atoms with E-state index in [1.165, 1.54) is 7.11 Å². The summed E-state index contributed by atoms with van der Waals surface area (Å²) < 4.78 is 4.50. The zero-order chi connectivity index (χ0) is 8.27. The summed E-state index contributed by atoms with van der Waals surface area (Å²) in [5, 5.41) is 0. The standard InChI is InChI=1S/C7H11NO3/c1-11-7(10)8-3-2-6(4-8)5-9/h5-6H,2-4H2,1H3. The van der Waals surface area contributed by atoms with Gasteiger partial charge in [-0.25, -0.2) is 4.79 Å². The van der Waals surface area contributed by atoms with Gasteiger partial charge in [0, 0.05) is 19.0 Å². The van der Waals surface area contributed by atoms with Crippen LogP contribution in [0.15, 0.2) is 0 Å². The Labute approximate surface area is 65.1 Å². The third-order valence-electron chi connectivity index (χ3n) is 1.85. The lowest BCUT2D eigenvalue weighted by Crippen LogP contribution is -2.28. The van der Waals surface area contributed by atoms with Crippen LogP contribution < -0.4 is 0 Å². The molecule has 1 aliphatic rings. The second-order valence-electron chi connectivity index (χ2n) is 2.60. The lowest BCUT2D eigenvalue weighted by atomic mass is 10.1. The van der Waals surface area contributed by atoms with Gasteiger partial charge in [-0.05, 0) is 6.42 Å². The number of rotatable bonds is 1. The van der Waals surface area contributed by atoms with Gasteiger partial charge in [0.15, 0.2) is 0 Å². The smallest absolute Gasteiger partial charge is 0.409 e. The molecule has 0 aromatic rings. The minimum absolute atomic E-state index is 0.00843. The second kappa shape index (κ2) is 3.37. The first-order chi connectivity index (χ1) is 5.27. The van der Waals surface area contributed by atoms with Crippen LogP contribution in [0.5, 0.6) is 0 Å². The summed E-state index contributed by atoms with van der Waals surface area (Å²) in [6.45, 7) is 1.15. The first-order valence-corrected chi connectivity index (χ1v) is 3.56. The Balaban J connectivity index is 2.41. The molecule has 1 rings (SSSR count). The maximum atomic E-state index is 10.9. The van der Waals surface area contributed by atoms with Crippen LogP contribution in [-0.2, 0) is 9.53 Å². The molecule has 1 aliphatic heterocycles. The fraction of sp³-hybridized carbons (Fsp3) is 0.714. The van der Waals surface area contributed by atoms with E-state index in [0.29, 0.717) is 13.1 Å². The third-order valence-corrected chi connectivity index (χ3v) is 1.85. The van der Waals surface area contributed by atoms with Gasteiger partial charge in [-0.15, -0.1) is 0 Å². The van der Waals surface area contributed by atoms with E-state index < -0.39 is 0 Å². The van der Waals surface area contributed by atoms with Crippen molar-refractivity contribution in [2.75, 3.05) is 20.2 Å². The molecule has 1 amide bonds. The predicted molar refractivity (Wildman–Crippen MR) is 38.1 cm³/mol. The molecule has 4 nitrogen and oxygen atoms in total. The van der Waals surface area contributed by atoms with E-state index in [0.717, 1.165) is 12.7 Å². The van der Waals surface area contributed by atoms with Gasteiger partial charge in [0.05, 0.1) is 7.11 Å². The Morgan fingerprint density at radius 2 is 2.45 bits per heavy atom. The number of likely N-dealkylation sites (tertiary alicyclic amines) is 1. The summed E-state index contributed by atoms with van der Waals surface area (Å²) in [7, 11) is 1.34. The molecule has 0 radical (unpaired) electrons. The van der Waals surface area contributed by atoms with Crippen LogP contribution in [0.4, 0.5) is 4.79 Å². The van der Waals surface area contributed by atoms with Gasteiger partial charge < -0.3 is 14.4 Å². The number of amides is 1. The van der Waals surface area contributed by atoms with E-state index in [9.17, 15) is 9.59 Å². The van der Waals surface area contributed by atoms with Crippen LogP contribution in [0.2, 0.25) is 0 Å². The summed E-state index contributed by atoms with van der Waals surface area (Å²) in [4.78, 5) is 22.7. The number of methoxy groups -OCH3 is 1. The molecule has 1 heterocycles. The Bertz CT molecular complexity index is 169. The highest BCUT2D eigenvalue weighted by Gasteiger charge is 2.25. The average Bonchev–Trinajstić information content (AvgIpc) is 2.50. The van der Waals surface area contributed by atoms with E-state index >= 15 is 0 Å². The number of ether oxygens (including phenoxy) is 1. The second-order valence-corrected chi connectivity index (χ2v) is 2.60. The minimum atomic E-state index is -0.339. The molecule has 0 aromatic heterocycles.